The number of aryl methyl sites for hydroxylation is 1. The molecule has 1 aromatic rings. The third-order valence-electron chi connectivity index (χ3n) is 2.46. The second-order valence-corrected chi connectivity index (χ2v) is 6.48. The van der Waals surface area contributed by atoms with E-state index in [9.17, 15) is 8.42 Å². The Kier molecular flexibility index (Phi) is 4.81. The number of hydrogen-bond acceptors (Lipinski definition) is 4. The number of nitrogens with two attached hydrogens (primary N) is 1. The summed E-state index contributed by atoms with van der Waals surface area (Å²) in [5.74, 6) is 0.139. The van der Waals surface area contributed by atoms with Gasteiger partial charge in [-0.2, -0.15) is 0 Å². The van der Waals surface area contributed by atoms with Crippen LogP contribution < -0.4 is 11.1 Å². The van der Waals surface area contributed by atoms with Crippen LogP contribution in [-0.2, 0) is 16.3 Å². The number of nitrogen functional groups attached to an aromatic ring is 1. The molecule has 1 rings (SSSR count). The Hall–Kier alpha value is -1.23. The second-order valence-electron chi connectivity index (χ2n) is 4.22. The summed E-state index contributed by atoms with van der Waals surface area (Å²) in [6.07, 6.45) is 3.21. The average molecular weight is 256 g/mol. The van der Waals surface area contributed by atoms with Crippen molar-refractivity contribution in [3.05, 3.63) is 23.8 Å². The van der Waals surface area contributed by atoms with Crippen molar-refractivity contribution >= 4 is 21.2 Å². The first-order chi connectivity index (χ1) is 7.92. The fourth-order valence-electron chi connectivity index (χ4n) is 1.58. The Morgan fingerprint density at radius 3 is 2.65 bits per heavy atom. The summed E-state index contributed by atoms with van der Waals surface area (Å²) in [7, 11) is -2.91. The number of nitrogens with one attached hydrogen (secondary N) is 1. The number of benzene rings is 1. The molecular weight excluding hydrogens is 236 g/mol. The molecule has 0 fully saturated rings. The van der Waals surface area contributed by atoms with Crippen LogP contribution in [-0.4, -0.2) is 27.0 Å². The summed E-state index contributed by atoms with van der Waals surface area (Å²) in [6.45, 7) is 2.53. The van der Waals surface area contributed by atoms with Gasteiger partial charge in [-0.05, 0) is 30.2 Å². The first-order valence-corrected chi connectivity index (χ1v) is 7.78. The molecule has 0 saturated heterocycles. The highest BCUT2D eigenvalue weighted by Crippen LogP contribution is 2.19. The van der Waals surface area contributed by atoms with E-state index in [1.54, 1.807) is 0 Å². The fourth-order valence-corrected chi connectivity index (χ4v) is 2.06. The van der Waals surface area contributed by atoms with Crippen molar-refractivity contribution in [3.63, 3.8) is 0 Å². The van der Waals surface area contributed by atoms with Crippen LogP contribution in [0.15, 0.2) is 18.2 Å². The molecule has 4 nitrogen and oxygen atoms in total. The lowest BCUT2D eigenvalue weighted by molar-refractivity contribution is 0.602. The highest BCUT2D eigenvalue weighted by molar-refractivity contribution is 7.90. The van der Waals surface area contributed by atoms with Crippen molar-refractivity contribution in [3.8, 4) is 0 Å². The molecule has 0 spiro atoms. The summed E-state index contributed by atoms with van der Waals surface area (Å²) < 4.78 is 22.0. The second kappa shape index (κ2) is 5.91. The van der Waals surface area contributed by atoms with Gasteiger partial charge < -0.3 is 11.1 Å². The number of sulfone groups is 1. The number of hydrogen-bond donors (Lipinski definition) is 2. The monoisotopic (exact) mass is 256 g/mol. The zero-order chi connectivity index (χ0) is 12.9. The molecule has 0 aromatic heterocycles. The van der Waals surface area contributed by atoms with Crippen LogP contribution in [0.3, 0.4) is 0 Å². The Morgan fingerprint density at radius 1 is 1.35 bits per heavy atom. The predicted molar refractivity (Wildman–Crippen MR) is 73.0 cm³/mol. The van der Waals surface area contributed by atoms with Crippen LogP contribution in [0.5, 0.6) is 0 Å². The zero-order valence-corrected chi connectivity index (χ0v) is 11.2. The minimum absolute atomic E-state index is 0.139. The SMILES string of the molecule is CCCc1cc(NCCS(C)(=O)=O)ccc1N. The van der Waals surface area contributed by atoms with Crippen LogP contribution in [0.1, 0.15) is 18.9 Å². The Balaban J connectivity index is 2.63. The van der Waals surface area contributed by atoms with Crippen molar-refractivity contribution in [2.24, 2.45) is 0 Å². The highest BCUT2D eigenvalue weighted by Gasteiger charge is 2.03. The number of rotatable bonds is 6. The van der Waals surface area contributed by atoms with Crippen molar-refractivity contribution in [2.75, 3.05) is 29.6 Å². The molecule has 1 aromatic carbocycles. The van der Waals surface area contributed by atoms with E-state index in [1.165, 1.54) is 6.26 Å². The lowest BCUT2D eigenvalue weighted by Crippen LogP contribution is -2.14. The topological polar surface area (TPSA) is 72.2 Å². The summed E-state index contributed by atoms with van der Waals surface area (Å²) in [6, 6.07) is 5.71. The largest absolute Gasteiger partial charge is 0.399 e. The maximum Gasteiger partial charge on any atom is 0.149 e. The molecule has 17 heavy (non-hydrogen) atoms. The van der Waals surface area contributed by atoms with Gasteiger partial charge in [-0.15, -0.1) is 0 Å². The van der Waals surface area contributed by atoms with Gasteiger partial charge in [-0.25, -0.2) is 8.42 Å². The maximum absolute atomic E-state index is 11.0. The van der Waals surface area contributed by atoms with Crippen molar-refractivity contribution in [1.29, 1.82) is 0 Å². The van der Waals surface area contributed by atoms with E-state index in [4.69, 9.17) is 5.73 Å². The van der Waals surface area contributed by atoms with Crippen LogP contribution in [0.25, 0.3) is 0 Å². The maximum atomic E-state index is 11.0. The molecule has 0 aliphatic heterocycles. The zero-order valence-electron chi connectivity index (χ0n) is 10.4. The molecule has 0 atom stereocenters. The van der Waals surface area contributed by atoms with Crippen LogP contribution >= 0.6 is 0 Å². The fraction of sp³-hybridized carbons (Fsp3) is 0.500. The lowest BCUT2D eigenvalue weighted by atomic mass is 10.1. The van der Waals surface area contributed by atoms with E-state index in [1.807, 2.05) is 18.2 Å². The summed E-state index contributed by atoms with van der Waals surface area (Å²) >= 11 is 0. The molecule has 0 saturated carbocycles. The summed E-state index contributed by atoms with van der Waals surface area (Å²) in [5, 5.41) is 3.09. The highest BCUT2D eigenvalue weighted by atomic mass is 32.2. The minimum Gasteiger partial charge on any atom is -0.399 e. The van der Waals surface area contributed by atoms with Crippen molar-refractivity contribution in [1.82, 2.24) is 0 Å². The standard InChI is InChI=1S/C12H20N2O2S/c1-3-4-10-9-11(5-6-12(10)13)14-7-8-17(2,15)16/h5-6,9,14H,3-4,7-8,13H2,1-2H3. The van der Waals surface area contributed by atoms with Gasteiger partial charge in [0.2, 0.25) is 0 Å². The normalized spacial score (nSPS) is 11.4. The molecule has 0 radical (unpaired) electrons. The predicted octanol–water partition coefficient (Wildman–Crippen LogP) is 1.68. The molecule has 3 N–H and O–H groups in total. The third kappa shape index (κ3) is 5.08. The molecule has 0 amide bonds. The summed E-state index contributed by atoms with van der Waals surface area (Å²) in [4.78, 5) is 0. The van der Waals surface area contributed by atoms with Crippen molar-refractivity contribution < 1.29 is 8.42 Å². The smallest absolute Gasteiger partial charge is 0.149 e. The molecule has 0 aliphatic carbocycles. The van der Waals surface area contributed by atoms with Gasteiger partial charge in [-0.3, -0.25) is 0 Å². The number of anilines is 2. The van der Waals surface area contributed by atoms with Gasteiger partial charge in [0.05, 0.1) is 5.75 Å². The van der Waals surface area contributed by atoms with Gasteiger partial charge in [0.1, 0.15) is 9.84 Å². The van der Waals surface area contributed by atoms with Crippen LogP contribution in [0, 0.1) is 0 Å². The van der Waals surface area contributed by atoms with Crippen LogP contribution in [0.4, 0.5) is 11.4 Å². The van der Waals surface area contributed by atoms with Gasteiger partial charge in [-0.1, -0.05) is 13.3 Å². The minimum atomic E-state index is -2.91. The quantitative estimate of drug-likeness (QED) is 0.760. The Morgan fingerprint density at radius 2 is 2.06 bits per heavy atom. The molecule has 0 bridgehead atoms. The van der Waals surface area contributed by atoms with E-state index < -0.39 is 9.84 Å². The Labute approximate surface area is 103 Å². The first kappa shape index (κ1) is 13.8. The van der Waals surface area contributed by atoms with Crippen LogP contribution in [0.2, 0.25) is 0 Å². The van der Waals surface area contributed by atoms with Crippen molar-refractivity contribution in [2.45, 2.75) is 19.8 Å². The van der Waals surface area contributed by atoms with Gasteiger partial charge in [0, 0.05) is 24.2 Å². The summed E-state index contributed by atoms with van der Waals surface area (Å²) in [5.41, 5.74) is 8.67. The molecule has 5 heteroatoms. The first-order valence-electron chi connectivity index (χ1n) is 5.72. The Bertz CT molecular complexity index is 469. The third-order valence-corrected chi connectivity index (χ3v) is 3.41. The average Bonchev–Trinajstić information content (AvgIpc) is 2.21. The van der Waals surface area contributed by atoms with E-state index in [0.29, 0.717) is 6.54 Å². The molecule has 0 heterocycles. The van der Waals surface area contributed by atoms with Gasteiger partial charge in [0.25, 0.3) is 0 Å². The van der Waals surface area contributed by atoms with E-state index in [2.05, 4.69) is 12.2 Å². The molecule has 0 aliphatic rings. The van der Waals surface area contributed by atoms with E-state index in [-0.39, 0.29) is 5.75 Å². The van der Waals surface area contributed by atoms with Gasteiger partial charge in [0.15, 0.2) is 0 Å². The molecule has 0 unspecified atom stereocenters. The van der Waals surface area contributed by atoms with E-state index >= 15 is 0 Å². The lowest BCUT2D eigenvalue weighted by Gasteiger charge is -2.09. The molecular formula is C12H20N2O2S. The molecule has 96 valence electrons. The van der Waals surface area contributed by atoms with Gasteiger partial charge >= 0.3 is 0 Å². The van der Waals surface area contributed by atoms with E-state index in [0.717, 1.165) is 29.8 Å².